The quantitative estimate of drug-likeness (QED) is 0.596. The smallest absolute Gasteiger partial charge is 0.417 e. The molecule has 1 rings (SSSR count). The largest absolute Gasteiger partial charge is 0.444 e. The van der Waals surface area contributed by atoms with Crippen LogP contribution in [0.25, 0.3) is 0 Å². The molecule has 1 aromatic heterocycles. The summed E-state index contributed by atoms with van der Waals surface area (Å²) in [7, 11) is 0. The lowest BCUT2D eigenvalue weighted by atomic mass is 9.96. The molecule has 7 heteroatoms. The summed E-state index contributed by atoms with van der Waals surface area (Å²) < 4.78 is 43.3. The molecule has 4 nitrogen and oxygen atoms in total. The van der Waals surface area contributed by atoms with Gasteiger partial charge in [0.05, 0.1) is 5.56 Å². The van der Waals surface area contributed by atoms with Crippen molar-refractivity contribution in [2.45, 2.75) is 77.5 Å². The summed E-state index contributed by atoms with van der Waals surface area (Å²) in [4.78, 5) is 15.8. The van der Waals surface area contributed by atoms with Gasteiger partial charge in [0.25, 0.3) is 0 Å². The van der Waals surface area contributed by atoms with Gasteiger partial charge in [-0.05, 0) is 39.3 Å². The van der Waals surface area contributed by atoms with Gasteiger partial charge >= 0.3 is 12.3 Å². The zero-order chi connectivity index (χ0) is 19.8. The van der Waals surface area contributed by atoms with Crippen LogP contribution in [-0.2, 0) is 10.9 Å². The highest BCUT2D eigenvalue weighted by molar-refractivity contribution is 5.67. The van der Waals surface area contributed by atoms with E-state index in [4.69, 9.17) is 4.74 Å². The van der Waals surface area contributed by atoms with E-state index in [0.29, 0.717) is 5.69 Å². The number of nitrogens with zero attached hydrogens (tertiary/aromatic N) is 1. The Kier molecular flexibility index (Phi) is 8.37. The van der Waals surface area contributed by atoms with Gasteiger partial charge in [-0.25, -0.2) is 4.79 Å². The van der Waals surface area contributed by atoms with Crippen LogP contribution in [0.5, 0.6) is 0 Å². The topological polar surface area (TPSA) is 51.2 Å². The van der Waals surface area contributed by atoms with E-state index in [9.17, 15) is 18.0 Å². The van der Waals surface area contributed by atoms with Crippen molar-refractivity contribution in [2.24, 2.45) is 0 Å². The number of rotatable bonds is 8. The molecule has 1 N–H and O–H groups in total. The normalized spacial score (nSPS) is 13.3. The van der Waals surface area contributed by atoms with Crippen molar-refractivity contribution in [3.8, 4) is 0 Å². The van der Waals surface area contributed by atoms with Crippen LogP contribution in [0.2, 0.25) is 0 Å². The van der Waals surface area contributed by atoms with Crippen molar-refractivity contribution in [3.63, 3.8) is 0 Å². The van der Waals surface area contributed by atoms with Crippen LogP contribution in [0.15, 0.2) is 18.3 Å². The molecule has 26 heavy (non-hydrogen) atoms. The Morgan fingerprint density at radius 2 is 1.88 bits per heavy atom. The average molecular weight is 374 g/mol. The number of aromatic nitrogens is 1. The monoisotopic (exact) mass is 374 g/mol. The van der Waals surface area contributed by atoms with Crippen LogP contribution < -0.4 is 5.32 Å². The van der Waals surface area contributed by atoms with E-state index in [0.717, 1.165) is 44.4 Å². The molecule has 0 fully saturated rings. The Balaban J connectivity index is 2.76. The number of alkyl carbamates (subject to hydrolysis) is 1. The van der Waals surface area contributed by atoms with Crippen LogP contribution in [0.3, 0.4) is 0 Å². The van der Waals surface area contributed by atoms with Crippen LogP contribution >= 0.6 is 0 Å². The zero-order valence-electron chi connectivity index (χ0n) is 15.9. The van der Waals surface area contributed by atoms with Gasteiger partial charge in [-0.1, -0.05) is 32.6 Å². The number of carbonyl (C=O) groups excluding carboxylic acids is 1. The molecule has 0 spiro atoms. The highest BCUT2D eigenvalue weighted by Crippen LogP contribution is 2.30. The highest BCUT2D eigenvalue weighted by Gasteiger charge is 2.31. The van der Waals surface area contributed by atoms with Crippen LogP contribution in [-0.4, -0.2) is 23.2 Å². The number of alkyl halides is 3. The number of nitrogens with one attached hydrogen (secondary N) is 1. The van der Waals surface area contributed by atoms with E-state index in [1.807, 2.05) is 0 Å². The van der Waals surface area contributed by atoms with Gasteiger partial charge in [0.2, 0.25) is 0 Å². The van der Waals surface area contributed by atoms with Crippen molar-refractivity contribution in [1.82, 2.24) is 10.3 Å². The molecular formula is C19H29F3N2O2. The molecule has 0 saturated heterocycles. The first kappa shape index (κ1) is 22.3. The number of carbonyl (C=O) groups is 1. The number of hydrogen-bond acceptors (Lipinski definition) is 3. The predicted octanol–water partition coefficient (Wildman–Crippen LogP) is 5.68. The van der Waals surface area contributed by atoms with Crippen molar-refractivity contribution in [1.29, 1.82) is 0 Å². The second-order valence-electron chi connectivity index (χ2n) is 7.40. The molecule has 0 aliphatic rings. The van der Waals surface area contributed by atoms with Crippen molar-refractivity contribution in [3.05, 3.63) is 29.6 Å². The van der Waals surface area contributed by atoms with E-state index in [-0.39, 0.29) is 12.5 Å². The van der Waals surface area contributed by atoms with Crippen LogP contribution in [0, 0.1) is 0 Å². The van der Waals surface area contributed by atoms with E-state index in [2.05, 4.69) is 17.2 Å². The van der Waals surface area contributed by atoms with Gasteiger partial charge in [-0.2, -0.15) is 13.2 Å². The SMILES string of the molecule is CCCCCCC(CNC(=O)OC(C)(C)C)c1ccc(C(F)(F)F)cn1. The average Bonchev–Trinajstić information content (AvgIpc) is 2.52. The van der Waals surface area contributed by atoms with Crippen LogP contribution in [0.4, 0.5) is 18.0 Å². The fraction of sp³-hybridized carbons (Fsp3) is 0.684. The summed E-state index contributed by atoms with van der Waals surface area (Å²) in [5.74, 6) is -0.151. The molecular weight excluding hydrogens is 345 g/mol. The Labute approximate surface area is 153 Å². The lowest BCUT2D eigenvalue weighted by Crippen LogP contribution is -2.35. The van der Waals surface area contributed by atoms with Crippen molar-refractivity contribution in [2.75, 3.05) is 6.54 Å². The summed E-state index contributed by atoms with van der Waals surface area (Å²) in [6.45, 7) is 7.70. The number of pyridine rings is 1. The summed E-state index contributed by atoms with van der Waals surface area (Å²) in [6, 6.07) is 2.43. The van der Waals surface area contributed by atoms with Gasteiger partial charge in [0, 0.05) is 24.4 Å². The maximum Gasteiger partial charge on any atom is 0.417 e. The van der Waals surface area contributed by atoms with Crippen molar-refractivity contribution >= 4 is 6.09 Å². The second-order valence-corrected chi connectivity index (χ2v) is 7.40. The zero-order valence-corrected chi connectivity index (χ0v) is 15.9. The minimum absolute atomic E-state index is 0.151. The molecule has 148 valence electrons. The minimum Gasteiger partial charge on any atom is -0.444 e. The highest BCUT2D eigenvalue weighted by atomic mass is 19.4. The Morgan fingerprint density at radius 3 is 2.38 bits per heavy atom. The van der Waals surface area contributed by atoms with Gasteiger partial charge in [-0.15, -0.1) is 0 Å². The van der Waals surface area contributed by atoms with Gasteiger partial charge in [-0.3, -0.25) is 4.98 Å². The fourth-order valence-corrected chi connectivity index (χ4v) is 2.51. The molecule has 0 aliphatic carbocycles. The molecule has 1 heterocycles. The number of amides is 1. The molecule has 1 atom stereocenters. The maximum absolute atomic E-state index is 12.7. The van der Waals surface area contributed by atoms with E-state index in [1.165, 1.54) is 6.07 Å². The molecule has 0 aliphatic heterocycles. The standard InChI is InChI=1S/C19H29F3N2O2/c1-5-6-7-8-9-14(12-24-17(25)26-18(2,3)4)16-11-10-15(13-23-16)19(20,21)22/h10-11,13-14H,5-9,12H2,1-4H3,(H,24,25). The first-order chi connectivity index (χ1) is 12.0. The van der Waals surface area contributed by atoms with E-state index >= 15 is 0 Å². The minimum atomic E-state index is -4.41. The summed E-state index contributed by atoms with van der Waals surface area (Å²) in [6.07, 6.45) is 0.818. The number of halogens is 3. The molecule has 1 unspecified atom stereocenters. The van der Waals surface area contributed by atoms with Gasteiger partial charge in [0.15, 0.2) is 0 Å². The number of unbranched alkanes of at least 4 members (excludes halogenated alkanes) is 3. The Bertz CT molecular complexity index is 551. The predicted molar refractivity (Wildman–Crippen MR) is 95.0 cm³/mol. The van der Waals surface area contributed by atoms with Gasteiger partial charge in [0.1, 0.15) is 5.60 Å². The summed E-state index contributed by atoms with van der Waals surface area (Å²) in [5, 5.41) is 2.70. The maximum atomic E-state index is 12.7. The van der Waals surface area contributed by atoms with Gasteiger partial charge < -0.3 is 10.1 Å². The summed E-state index contributed by atoms with van der Waals surface area (Å²) in [5.41, 5.74) is -0.829. The van der Waals surface area contributed by atoms with Crippen LogP contribution in [0.1, 0.15) is 77.0 Å². The molecule has 0 radical (unpaired) electrons. The molecule has 1 aromatic rings. The molecule has 0 aromatic carbocycles. The Hall–Kier alpha value is -1.79. The third-order valence-electron chi connectivity index (χ3n) is 3.83. The first-order valence-corrected chi connectivity index (χ1v) is 9.03. The first-order valence-electron chi connectivity index (χ1n) is 9.03. The molecule has 0 bridgehead atoms. The molecule has 0 saturated carbocycles. The number of hydrogen-bond donors (Lipinski definition) is 1. The number of ether oxygens (including phenoxy) is 1. The van der Waals surface area contributed by atoms with Crippen molar-refractivity contribution < 1.29 is 22.7 Å². The third-order valence-corrected chi connectivity index (χ3v) is 3.83. The van der Waals surface area contributed by atoms with E-state index < -0.39 is 23.4 Å². The fourth-order valence-electron chi connectivity index (χ4n) is 2.51. The lowest BCUT2D eigenvalue weighted by molar-refractivity contribution is -0.137. The van der Waals surface area contributed by atoms with E-state index in [1.54, 1.807) is 20.8 Å². The summed E-state index contributed by atoms with van der Waals surface area (Å²) >= 11 is 0. The molecule has 1 amide bonds. The Morgan fingerprint density at radius 1 is 1.19 bits per heavy atom. The second kappa shape index (κ2) is 9.78. The third kappa shape index (κ3) is 8.54. The lowest BCUT2D eigenvalue weighted by Gasteiger charge is -2.22.